The number of hydrazone groups is 2. The number of hydrogen-bond acceptors (Lipinski definition) is 14. The molecule has 0 aromatic heterocycles. The number of rotatable bonds is 14. The molecule has 0 aliphatic heterocycles. The van der Waals surface area contributed by atoms with Crippen LogP contribution in [-0.2, 0) is 29.8 Å². The third-order valence-electron chi connectivity index (χ3n) is 5.93. The van der Waals surface area contributed by atoms with Gasteiger partial charge >= 0.3 is 20.2 Å². The van der Waals surface area contributed by atoms with Crippen molar-refractivity contribution < 1.29 is 44.6 Å². The molecule has 0 radical (unpaired) electrons. The first kappa shape index (κ1) is 35.3. The first-order valence-electron chi connectivity index (χ1n) is 13.4. The van der Waals surface area contributed by atoms with Gasteiger partial charge in [0.25, 0.3) is 11.4 Å². The molecule has 2 N–H and O–H groups in total. The monoisotopic (exact) mass is 710 g/mol. The lowest BCUT2D eigenvalue weighted by atomic mass is 10.2. The van der Waals surface area contributed by atoms with Crippen LogP contribution in [0.5, 0.6) is 11.5 Å². The van der Waals surface area contributed by atoms with Crippen molar-refractivity contribution in [3.63, 3.8) is 0 Å². The number of hydrogen-bond donors (Lipinski definition) is 2. The zero-order chi connectivity index (χ0) is 35.6. The predicted molar refractivity (Wildman–Crippen MR) is 171 cm³/mol. The molecule has 4 aromatic rings. The smallest absolute Gasteiger partial charge is 0.339 e. The van der Waals surface area contributed by atoms with E-state index in [1.807, 2.05) is 0 Å². The Morgan fingerprint density at radius 1 is 0.633 bits per heavy atom. The van der Waals surface area contributed by atoms with E-state index >= 15 is 0 Å². The molecular formula is C29H22N6O12S2. The maximum absolute atomic E-state index is 12.5. The highest BCUT2D eigenvalue weighted by Gasteiger charge is 2.21. The second kappa shape index (κ2) is 15.4. The molecule has 0 saturated carbocycles. The zero-order valence-electron chi connectivity index (χ0n) is 24.6. The minimum Gasteiger partial charge on any atom is -0.379 e. The van der Waals surface area contributed by atoms with E-state index in [4.69, 9.17) is 8.37 Å². The molecule has 0 heterocycles. The Morgan fingerprint density at radius 2 is 1.00 bits per heavy atom. The van der Waals surface area contributed by atoms with E-state index in [1.54, 1.807) is 0 Å². The van der Waals surface area contributed by atoms with E-state index in [9.17, 15) is 46.7 Å². The minimum atomic E-state index is -4.35. The van der Waals surface area contributed by atoms with Gasteiger partial charge < -0.3 is 8.37 Å². The van der Waals surface area contributed by atoms with Gasteiger partial charge in [-0.25, -0.2) is 10.9 Å². The van der Waals surface area contributed by atoms with Gasteiger partial charge in [-0.3, -0.25) is 29.8 Å². The Balaban J connectivity index is 1.21. The van der Waals surface area contributed by atoms with Crippen LogP contribution in [0.1, 0.15) is 17.5 Å². The molecule has 0 bridgehead atoms. The summed E-state index contributed by atoms with van der Waals surface area (Å²) in [6.45, 7) is 0. The SMILES string of the molecule is O=C(CC(=O)N/N=C\c1ccc(OS(=O)(=O)c2cccc([N+](=O)[O-])c2)cc1)N/N=C\c1ccc(OS(=O)(=O)c2cccc([N+](=O)[O-])c2)cc1. The van der Waals surface area contributed by atoms with Crippen molar-refractivity contribution in [3.8, 4) is 11.5 Å². The molecule has 0 spiro atoms. The van der Waals surface area contributed by atoms with Crippen LogP contribution in [0.15, 0.2) is 117 Å². The fraction of sp³-hybridized carbons (Fsp3) is 0.0345. The van der Waals surface area contributed by atoms with Crippen LogP contribution in [0.4, 0.5) is 11.4 Å². The van der Waals surface area contributed by atoms with Crippen LogP contribution in [0, 0.1) is 20.2 Å². The molecule has 0 atom stereocenters. The predicted octanol–water partition coefficient (Wildman–Crippen LogP) is 3.03. The number of non-ortho nitro benzene ring substituents is 2. The molecule has 18 nitrogen and oxygen atoms in total. The first-order valence-corrected chi connectivity index (χ1v) is 16.3. The van der Waals surface area contributed by atoms with Crippen LogP contribution < -0.4 is 19.2 Å². The summed E-state index contributed by atoms with van der Waals surface area (Å²) in [5, 5.41) is 29.3. The number of carbonyl (C=O) groups is 2. The van der Waals surface area contributed by atoms with Crippen molar-refractivity contribution in [1.29, 1.82) is 0 Å². The van der Waals surface area contributed by atoms with Gasteiger partial charge in [0.05, 0.1) is 22.3 Å². The number of carbonyl (C=O) groups excluding carboxylic acids is 2. The third-order valence-corrected chi connectivity index (χ3v) is 8.42. The van der Waals surface area contributed by atoms with Crippen molar-refractivity contribution in [2.45, 2.75) is 16.2 Å². The summed E-state index contributed by atoms with van der Waals surface area (Å²) in [6.07, 6.45) is 1.80. The normalized spacial score (nSPS) is 11.6. The van der Waals surface area contributed by atoms with Crippen LogP contribution in [0.25, 0.3) is 0 Å². The summed E-state index contributed by atoms with van der Waals surface area (Å²) in [6, 6.07) is 19.6. The molecule has 2 amide bonds. The average Bonchev–Trinajstić information content (AvgIpc) is 3.06. The van der Waals surface area contributed by atoms with Crippen LogP contribution in [-0.4, -0.2) is 50.9 Å². The summed E-state index contributed by atoms with van der Waals surface area (Å²) in [5.74, 6) is -1.72. The van der Waals surface area contributed by atoms with E-state index in [2.05, 4.69) is 21.1 Å². The summed E-state index contributed by atoms with van der Waals surface area (Å²) in [5.41, 5.74) is 4.30. The van der Waals surface area contributed by atoms with Crippen LogP contribution in [0.2, 0.25) is 0 Å². The van der Waals surface area contributed by atoms with E-state index in [1.165, 1.54) is 73.1 Å². The highest BCUT2D eigenvalue weighted by atomic mass is 32.2. The molecule has 4 rings (SSSR count). The van der Waals surface area contributed by atoms with Crippen molar-refractivity contribution in [1.82, 2.24) is 10.9 Å². The number of nitrogens with zero attached hydrogens (tertiary/aromatic N) is 4. The molecule has 0 saturated heterocycles. The molecule has 0 fully saturated rings. The van der Waals surface area contributed by atoms with Crippen molar-refractivity contribution in [3.05, 3.63) is 128 Å². The molecule has 0 aliphatic rings. The summed E-state index contributed by atoms with van der Waals surface area (Å²) in [7, 11) is -8.70. The van der Waals surface area contributed by atoms with E-state index < -0.39 is 69.5 Å². The van der Waals surface area contributed by atoms with Gasteiger partial charge in [0.15, 0.2) is 0 Å². The van der Waals surface area contributed by atoms with Gasteiger partial charge in [0, 0.05) is 24.3 Å². The molecule has 20 heteroatoms. The molecule has 4 aromatic carbocycles. The number of nitro groups is 2. The molecular weight excluding hydrogens is 688 g/mol. The van der Waals surface area contributed by atoms with Crippen LogP contribution in [0.3, 0.4) is 0 Å². The molecule has 0 unspecified atom stereocenters. The Labute approximate surface area is 277 Å². The fourth-order valence-corrected chi connectivity index (χ4v) is 5.60. The minimum absolute atomic E-state index is 0.0831. The maximum atomic E-state index is 12.5. The lowest BCUT2D eigenvalue weighted by Crippen LogP contribution is -2.27. The van der Waals surface area contributed by atoms with E-state index in [-0.39, 0.29) is 11.5 Å². The van der Waals surface area contributed by atoms with E-state index in [0.717, 1.165) is 36.4 Å². The lowest BCUT2D eigenvalue weighted by molar-refractivity contribution is -0.385. The number of nitrogens with one attached hydrogen (secondary N) is 2. The van der Waals surface area contributed by atoms with Gasteiger partial charge in [0.2, 0.25) is 11.8 Å². The Morgan fingerprint density at radius 3 is 1.35 bits per heavy atom. The first-order chi connectivity index (χ1) is 23.2. The summed E-state index contributed by atoms with van der Waals surface area (Å²) < 4.78 is 59.8. The third kappa shape index (κ3) is 10.2. The van der Waals surface area contributed by atoms with E-state index in [0.29, 0.717) is 11.1 Å². The Bertz CT molecular complexity index is 2020. The molecule has 252 valence electrons. The number of benzene rings is 4. The van der Waals surface area contributed by atoms with Crippen molar-refractivity contribution in [2.24, 2.45) is 10.2 Å². The Kier molecular flexibility index (Phi) is 11.1. The maximum Gasteiger partial charge on any atom is 0.339 e. The average molecular weight is 711 g/mol. The molecule has 49 heavy (non-hydrogen) atoms. The fourth-order valence-electron chi connectivity index (χ4n) is 3.66. The second-order valence-electron chi connectivity index (χ2n) is 9.49. The second-order valence-corrected chi connectivity index (χ2v) is 12.6. The van der Waals surface area contributed by atoms with Gasteiger partial charge in [-0.1, -0.05) is 12.1 Å². The van der Waals surface area contributed by atoms with Crippen molar-refractivity contribution >= 4 is 55.9 Å². The lowest BCUT2D eigenvalue weighted by Gasteiger charge is -2.07. The van der Waals surface area contributed by atoms with Crippen molar-refractivity contribution in [2.75, 3.05) is 0 Å². The highest BCUT2D eigenvalue weighted by Crippen LogP contribution is 2.23. The molecule has 0 aliphatic carbocycles. The summed E-state index contributed by atoms with van der Waals surface area (Å²) >= 11 is 0. The van der Waals surface area contributed by atoms with Crippen LogP contribution >= 0.6 is 0 Å². The van der Waals surface area contributed by atoms with Gasteiger partial charge in [-0.15, -0.1) is 0 Å². The number of nitro benzene ring substituents is 2. The van der Waals surface area contributed by atoms with Gasteiger partial charge in [-0.2, -0.15) is 27.0 Å². The Hall–Kier alpha value is -6.54. The standard InChI is InChI=1S/C29H22N6O12S2/c36-28(32-30-18-20-7-11-24(12-8-20)46-48(42,43)26-5-1-3-22(15-26)34(38)39)17-29(37)33-31-19-21-9-13-25(14-10-21)47-49(44,45)27-6-2-4-23(16-27)35(40)41/h1-16,18-19H,17H2,(H,32,36)(H,33,37)/b30-18-,31-19-. The number of amides is 2. The largest absolute Gasteiger partial charge is 0.379 e. The highest BCUT2D eigenvalue weighted by molar-refractivity contribution is 7.87. The topological polar surface area (TPSA) is 256 Å². The summed E-state index contributed by atoms with van der Waals surface area (Å²) in [4.78, 5) is 43.6. The van der Waals surface area contributed by atoms with Gasteiger partial charge in [-0.05, 0) is 71.8 Å². The quantitative estimate of drug-likeness (QED) is 0.0629. The zero-order valence-corrected chi connectivity index (χ0v) is 26.2. The van der Waals surface area contributed by atoms with Gasteiger partial charge in [0.1, 0.15) is 27.7 Å².